The van der Waals surface area contributed by atoms with E-state index in [-0.39, 0.29) is 139 Å². The van der Waals surface area contributed by atoms with Crippen LogP contribution >= 0.6 is 15.9 Å². The van der Waals surface area contributed by atoms with Gasteiger partial charge in [-0.2, -0.15) is 65.9 Å². The third-order valence-electron chi connectivity index (χ3n) is 25.4. The van der Waals surface area contributed by atoms with Gasteiger partial charge in [-0.15, -0.1) is 0 Å². The van der Waals surface area contributed by atoms with Crippen molar-refractivity contribution < 1.29 is 145 Å². The van der Waals surface area contributed by atoms with Gasteiger partial charge in [0.2, 0.25) is 15.7 Å². The van der Waals surface area contributed by atoms with E-state index in [9.17, 15) is 116 Å². The van der Waals surface area contributed by atoms with Gasteiger partial charge in [0.05, 0.1) is 114 Å². The lowest BCUT2D eigenvalue weighted by Gasteiger charge is -2.39. The zero-order chi connectivity index (χ0) is 105. The average molecular weight is 2200 g/mol. The molecule has 5 aliphatic heterocycles. The third-order valence-corrected chi connectivity index (χ3v) is 38.8. The second-order valence-electron chi connectivity index (χ2n) is 36.0. The highest BCUT2D eigenvalue weighted by Crippen LogP contribution is 2.51. The summed E-state index contributed by atoms with van der Waals surface area (Å²) in [6.45, 7) is 13.4. The van der Waals surface area contributed by atoms with Crippen LogP contribution in [0.15, 0.2) is 235 Å². The number of rotatable bonds is 20. The van der Waals surface area contributed by atoms with Gasteiger partial charge < -0.3 is 28.4 Å². The number of aryl methyl sites for hydroxylation is 2. The Morgan fingerprint density at radius 3 is 1.34 bits per heavy atom. The van der Waals surface area contributed by atoms with Crippen LogP contribution in [0.4, 0.5) is 65.9 Å². The molecule has 6 fully saturated rings. The lowest BCUT2D eigenvalue weighted by molar-refractivity contribution is -0.138. The predicted molar refractivity (Wildman–Crippen MR) is 497 cm³/mol. The first-order chi connectivity index (χ1) is 66.6. The lowest BCUT2D eigenvalue weighted by Crippen LogP contribution is -2.44. The number of pyridine rings is 4. The van der Waals surface area contributed by atoms with E-state index in [4.69, 9.17) is 28.4 Å². The fourth-order valence-electron chi connectivity index (χ4n) is 17.2. The second-order valence-corrected chi connectivity index (χ2v) is 50.2. The average Bonchev–Trinajstić information content (AvgIpc) is 1.55. The largest absolute Gasteiger partial charge is 0.475 e. The summed E-state index contributed by atoms with van der Waals surface area (Å²) in [5.74, 6) is 0.802. The van der Waals surface area contributed by atoms with Crippen molar-refractivity contribution in [2.45, 2.75) is 254 Å². The molecule has 1 saturated carbocycles. The van der Waals surface area contributed by atoms with Gasteiger partial charge in [-0.25, -0.2) is 65.5 Å². The van der Waals surface area contributed by atoms with Gasteiger partial charge in [0, 0.05) is 98.6 Å². The van der Waals surface area contributed by atoms with Gasteiger partial charge >= 0.3 is 30.9 Å². The maximum atomic E-state index is 13.6. The van der Waals surface area contributed by atoms with Crippen LogP contribution in [0.2, 0.25) is 0 Å². The van der Waals surface area contributed by atoms with Crippen LogP contribution in [0.5, 0.6) is 5.88 Å². The molecule has 10 heterocycles. The van der Waals surface area contributed by atoms with Crippen LogP contribution in [0.1, 0.15) is 221 Å². The standard InChI is InChI=1S/C21H23F3N2O3S.C20H22F3NO4S.C19H20F3NO5S2.C19H20F3NO3S.C18H17BrF3NO3S/c1-2-20(30(27,28)16-5-3-4-15(10-16)21(22,23)24)8-9-29-19(11-20)18-13-25-17(12-26-18)14-6-7-14;1-13(2)28-19-7-6-14(12-24-19)18-11-17(8-9-27-18)29(25,26)16-5-3-4-15(10-16)20(21,22)23;1-13-8-9-28-18(11-13,15-6-7-17(23-12-15)29(2,24)25)30(26,27)16-5-3-4-14(10-16)19(20,21)22;1-12-6-7-17(13(2)23-12)18-11-16(8-9-26-18)27(24,25)15-5-3-4-14(10-15)19(20,21)22;1-17(7-8-26-15(10-17)12-5-6-16(19)23-11-12)27(24,25)14-4-2-3-13(9-14)18(20,21)22/h3-5,10,12-14,19H,2,6-9,11H2,1H3;3-7,10,12-13,17-18H,8-9,11H2,1-2H3;3-7,10,12-13H,8-9,11H2,1-2H3;3-7,10,16,18H,8-9,11H2,1-2H3;2-6,9,11,15H,7-8,10H2,1H3. The van der Waals surface area contributed by atoms with Crippen molar-refractivity contribution in [3.63, 3.8) is 0 Å². The third kappa shape index (κ3) is 26.7. The molecule has 10 atom stereocenters. The van der Waals surface area contributed by atoms with Gasteiger partial charge in [0.25, 0.3) is 0 Å². The highest BCUT2D eigenvalue weighted by atomic mass is 79.9. The molecule has 10 aromatic rings. The number of sulfone groups is 6. The van der Waals surface area contributed by atoms with Crippen LogP contribution < -0.4 is 4.74 Å². The van der Waals surface area contributed by atoms with E-state index in [1.165, 1.54) is 30.3 Å². The van der Waals surface area contributed by atoms with Gasteiger partial charge in [0.15, 0.2) is 59.1 Å². The highest BCUT2D eigenvalue weighted by Gasteiger charge is 2.54. The maximum Gasteiger partial charge on any atom is 0.416 e. The molecule has 5 aromatic carbocycles. The van der Waals surface area contributed by atoms with Crippen LogP contribution in [0, 0.1) is 19.8 Å². The van der Waals surface area contributed by atoms with E-state index in [2.05, 4.69) is 45.8 Å². The summed E-state index contributed by atoms with van der Waals surface area (Å²) in [4.78, 5) is 21.7. The van der Waals surface area contributed by atoms with Crippen LogP contribution in [0.3, 0.4) is 0 Å². The van der Waals surface area contributed by atoms with Crippen molar-refractivity contribution in [1.29, 1.82) is 0 Å². The first kappa shape index (κ1) is 112. The molecular formula is C97H102BrF15N6O18S6. The Hall–Kier alpha value is -9.49. The molecule has 5 saturated heterocycles. The van der Waals surface area contributed by atoms with Crippen molar-refractivity contribution in [2.24, 2.45) is 5.92 Å². The molecule has 16 rings (SSSR count). The van der Waals surface area contributed by atoms with Crippen molar-refractivity contribution >= 4 is 75.0 Å². The summed E-state index contributed by atoms with van der Waals surface area (Å²) in [5.41, 5.74) is 0.400. The van der Waals surface area contributed by atoms with Gasteiger partial charge in [-0.05, 0) is 266 Å². The molecule has 0 N–H and O–H groups in total. The van der Waals surface area contributed by atoms with Crippen LogP contribution in [0.25, 0.3) is 0 Å². The van der Waals surface area contributed by atoms with Crippen molar-refractivity contribution in [3.05, 3.63) is 278 Å². The van der Waals surface area contributed by atoms with E-state index in [1.54, 1.807) is 62.9 Å². The Morgan fingerprint density at radius 1 is 0.441 bits per heavy atom. The molecule has 0 spiro atoms. The fraction of sp³-hybridized carbons (Fsp3) is 0.443. The summed E-state index contributed by atoms with van der Waals surface area (Å²) in [5, 5.41) is -1.89. The Morgan fingerprint density at radius 2 is 0.895 bits per heavy atom. The number of ether oxygens (including phenoxy) is 6. The zero-order valence-corrected chi connectivity index (χ0v) is 84.5. The van der Waals surface area contributed by atoms with Crippen molar-refractivity contribution in [2.75, 3.05) is 39.3 Å². The predicted octanol–water partition coefficient (Wildman–Crippen LogP) is 22.4. The van der Waals surface area contributed by atoms with E-state index in [0.717, 1.165) is 132 Å². The van der Waals surface area contributed by atoms with E-state index < -0.39 is 172 Å². The zero-order valence-electron chi connectivity index (χ0n) is 78.0. The molecule has 143 heavy (non-hydrogen) atoms. The molecular weight excluding hydrogens is 2090 g/mol. The van der Waals surface area contributed by atoms with Crippen LogP contribution in [-0.2, 0) is 119 Å². The topological polar surface area (TPSA) is 338 Å². The minimum atomic E-state index is -4.71. The minimum absolute atomic E-state index is 0.00845. The smallest absolute Gasteiger partial charge is 0.416 e. The highest BCUT2D eigenvalue weighted by molar-refractivity contribution is 9.10. The maximum absolute atomic E-state index is 13.6. The second kappa shape index (κ2) is 44.3. The molecule has 24 nitrogen and oxygen atoms in total. The quantitative estimate of drug-likeness (QED) is 0.0505. The summed E-state index contributed by atoms with van der Waals surface area (Å²) in [6, 6.07) is 32.2. The monoisotopic (exact) mass is 2190 g/mol. The molecule has 5 aromatic heterocycles. The van der Waals surface area contributed by atoms with Crippen molar-refractivity contribution in [3.8, 4) is 5.88 Å². The number of nitrogens with zero attached hydrogens (tertiary/aromatic N) is 6. The Kier molecular flexibility index (Phi) is 34.8. The first-order valence-electron chi connectivity index (χ1n) is 45.0. The molecule has 6 aliphatic rings. The number of halogens is 16. The summed E-state index contributed by atoms with van der Waals surface area (Å²) in [6.07, 6.45) is -12.1. The van der Waals surface area contributed by atoms with Crippen molar-refractivity contribution in [1.82, 2.24) is 29.9 Å². The SMILES string of the molecule is CC(C)Oc1ccc(C2CC(S(=O)(=O)c3cccc(C(F)(F)F)c3)CCO2)cn1.CC1(S(=O)(=O)c2cccc(C(F)(F)F)c2)CCOC(c2ccc(Br)nc2)C1.CC1CCOC(c2ccc(S(C)(=O)=O)nc2)(S(=O)(=O)c2cccc(C(F)(F)F)c2)C1.CCC1(S(=O)(=O)c2cccc(C(F)(F)F)c2)CCOC(c2cnc(C3CC3)cn2)C1.Cc1ccc(C2CC(S(=O)(=O)c3cccc(C(F)(F)F)c3)CCO2)c(C)n1. The molecule has 0 amide bonds. The summed E-state index contributed by atoms with van der Waals surface area (Å²) >= 11 is 3.24. The first-order valence-corrected chi connectivity index (χ1v) is 55.2. The van der Waals surface area contributed by atoms with Gasteiger partial charge in [0.1, 0.15) is 10.7 Å². The Bertz CT molecular complexity index is 6880. The number of hydrogen-bond acceptors (Lipinski definition) is 24. The van der Waals surface area contributed by atoms with E-state index >= 15 is 0 Å². The molecule has 10 unspecified atom stereocenters. The number of aromatic nitrogens is 6. The van der Waals surface area contributed by atoms with E-state index in [0.29, 0.717) is 58.3 Å². The molecule has 776 valence electrons. The number of alkyl halides is 15. The fourth-order valence-corrected chi connectivity index (χ4v) is 27.6. The molecule has 0 radical (unpaired) electrons. The lowest BCUT2D eigenvalue weighted by atomic mass is 9.91. The molecule has 46 heteroatoms. The molecule has 0 bridgehead atoms. The molecule has 1 aliphatic carbocycles. The number of benzene rings is 5. The van der Waals surface area contributed by atoms with Gasteiger partial charge in [-0.1, -0.05) is 62.4 Å². The van der Waals surface area contributed by atoms with Crippen LogP contribution in [-0.4, -0.2) is 146 Å². The van der Waals surface area contributed by atoms with Gasteiger partial charge in [-0.3, -0.25) is 15.0 Å². The number of hydrogen-bond donors (Lipinski definition) is 0. The normalized spacial score (nSPS) is 22.9. The van der Waals surface area contributed by atoms with E-state index in [1.807, 2.05) is 46.8 Å². The Balaban J connectivity index is 0.000000160. The Labute approximate surface area is 827 Å². The minimum Gasteiger partial charge on any atom is -0.475 e. The summed E-state index contributed by atoms with van der Waals surface area (Å²) < 4.78 is 383. The summed E-state index contributed by atoms with van der Waals surface area (Å²) in [7, 11) is -24.0.